The molecule has 2 radical (unpaired) electrons. The van der Waals surface area contributed by atoms with Gasteiger partial charge in [0.15, 0.2) is 0 Å². The number of aryl methyl sites for hydroxylation is 2. The molecule has 0 aromatic heterocycles. The van der Waals surface area contributed by atoms with E-state index >= 15 is 0 Å². The van der Waals surface area contributed by atoms with Crippen molar-refractivity contribution in [2.45, 2.75) is 52.0 Å². The van der Waals surface area contributed by atoms with Crippen molar-refractivity contribution >= 4 is 10.1 Å². The summed E-state index contributed by atoms with van der Waals surface area (Å²) >= 11 is 0. The van der Waals surface area contributed by atoms with Crippen molar-refractivity contribution in [2.24, 2.45) is 0 Å². The largest absolute Gasteiger partial charge is 0.534 e. The molecule has 168 valence electrons. The minimum atomic E-state index is -4.10. The van der Waals surface area contributed by atoms with Crippen LogP contribution in [-0.4, -0.2) is 18.6 Å². The van der Waals surface area contributed by atoms with Gasteiger partial charge < -0.3 is 10.2 Å². The molecule has 5 nitrogen and oxygen atoms in total. The van der Waals surface area contributed by atoms with Crippen molar-refractivity contribution in [2.75, 3.05) is 0 Å². The number of fused-ring (bicyclic) bond motifs is 1. The standard InChI is InChI=1S/C25H24O5S.2Y/c1-13-11-19(7-9-21(13)26)25(20-8-10-22(27)14(2)12-20)23-17(5)15(3)16(4)18(6)24(23)31(28,29)30-25;;/h7-8,11-12,26-27H,1-6H3;;/q-2;;. The van der Waals surface area contributed by atoms with Gasteiger partial charge in [0, 0.05) is 76.9 Å². The minimum Gasteiger partial charge on any atom is -0.534 e. The van der Waals surface area contributed by atoms with E-state index in [1.165, 1.54) is 0 Å². The summed E-state index contributed by atoms with van der Waals surface area (Å²) in [7, 11) is -4.10. The average Bonchev–Trinajstić information content (AvgIpc) is 2.97. The second-order valence-electron chi connectivity index (χ2n) is 8.26. The van der Waals surface area contributed by atoms with Crippen LogP contribution in [0.25, 0.3) is 0 Å². The zero-order valence-electron chi connectivity index (χ0n) is 19.5. The molecule has 1 aliphatic rings. The fourth-order valence-corrected chi connectivity index (χ4v) is 6.19. The Kier molecular flexibility index (Phi) is 8.49. The van der Waals surface area contributed by atoms with E-state index in [1.54, 1.807) is 45.0 Å². The van der Waals surface area contributed by atoms with Gasteiger partial charge >= 0.3 is 0 Å². The quantitative estimate of drug-likeness (QED) is 0.327. The number of hydrogen-bond acceptors (Lipinski definition) is 5. The molecule has 0 atom stereocenters. The molecule has 4 rings (SSSR count). The van der Waals surface area contributed by atoms with E-state index in [0.29, 0.717) is 33.4 Å². The first-order valence-corrected chi connectivity index (χ1v) is 11.3. The Morgan fingerprint density at radius 3 is 1.61 bits per heavy atom. The van der Waals surface area contributed by atoms with Crippen molar-refractivity contribution in [1.82, 2.24) is 0 Å². The maximum absolute atomic E-state index is 13.4. The van der Waals surface area contributed by atoms with E-state index < -0.39 is 15.7 Å². The molecule has 0 fully saturated rings. The summed E-state index contributed by atoms with van der Waals surface area (Å²) in [5.74, 6) is -0.0252. The van der Waals surface area contributed by atoms with Gasteiger partial charge in [-0.05, 0) is 55.5 Å². The summed E-state index contributed by atoms with van der Waals surface area (Å²) < 4.78 is 32.8. The normalized spacial score (nSPS) is 15.3. The van der Waals surface area contributed by atoms with Crippen LogP contribution in [-0.2, 0) is 85.3 Å². The maximum atomic E-state index is 13.4. The van der Waals surface area contributed by atoms with Crippen LogP contribution < -0.4 is 0 Å². The fraction of sp³-hybridized carbons (Fsp3) is 0.280. The van der Waals surface area contributed by atoms with E-state index in [4.69, 9.17) is 4.18 Å². The monoisotopic (exact) mass is 614 g/mol. The van der Waals surface area contributed by atoms with Gasteiger partial charge in [0.2, 0.25) is 0 Å². The molecule has 0 amide bonds. The van der Waals surface area contributed by atoms with E-state index in [-0.39, 0.29) is 81.8 Å². The number of rotatable bonds is 2. The van der Waals surface area contributed by atoms with Crippen molar-refractivity contribution in [3.8, 4) is 11.5 Å². The Morgan fingerprint density at radius 2 is 1.18 bits per heavy atom. The number of hydrogen-bond donors (Lipinski definition) is 2. The Bertz CT molecular complexity index is 1310. The number of phenols is 2. The van der Waals surface area contributed by atoms with Crippen LogP contribution in [0.2, 0.25) is 0 Å². The molecule has 1 heterocycles. The second kappa shape index (κ2) is 9.79. The van der Waals surface area contributed by atoms with Gasteiger partial charge in [0.25, 0.3) is 10.1 Å². The predicted octanol–water partition coefficient (Wildman–Crippen LogP) is 4.55. The van der Waals surface area contributed by atoms with Gasteiger partial charge in [-0.15, -0.1) is 34.4 Å². The number of benzene rings is 3. The average molecular weight is 614 g/mol. The second-order valence-corrected chi connectivity index (χ2v) is 9.75. The van der Waals surface area contributed by atoms with Crippen LogP contribution in [0.5, 0.6) is 11.5 Å². The zero-order valence-corrected chi connectivity index (χ0v) is 26.0. The Labute approximate surface area is 245 Å². The van der Waals surface area contributed by atoms with Crippen LogP contribution in [0.1, 0.15) is 50.1 Å². The molecule has 3 aromatic rings. The molecule has 8 heteroatoms. The third-order valence-electron chi connectivity index (χ3n) is 6.50. The predicted molar refractivity (Wildman–Crippen MR) is 117 cm³/mol. The van der Waals surface area contributed by atoms with Crippen molar-refractivity contribution in [1.29, 1.82) is 0 Å². The Balaban J connectivity index is 0.00000193. The van der Waals surface area contributed by atoms with Crippen LogP contribution in [0, 0.1) is 53.7 Å². The van der Waals surface area contributed by atoms with E-state index in [0.717, 1.165) is 16.7 Å². The number of aromatic hydroxyl groups is 2. The molecule has 0 saturated heterocycles. The minimum absolute atomic E-state index is 0. The summed E-state index contributed by atoms with van der Waals surface area (Å²) in [5, 5.41) is 20.1. The molecular weight excluding hydrogens is 590 g/mol. The van der Waals surface area contributed by atoms with E-state index in [9.17, 15) is 18.6 Å². The summed E-state index contributed by atoms with van der Waals surface area (Å²) in [6.45, 7) is 11.0. The van der Waals surface area contributed by atoms with E-state index in [1.807, 2.05) is 20.8 Å². The third-order valence-corrected chi connectivity index (χ3v) is 7.98. The molecule has 0 saturated carbocycles. The topological polar surface area (TPSA) is 83.8 Å². The molecule has 0 unspecified atom stereocenters. The Hall–Kier alpha value is -0.622. The Morgan fingerprint density at radius 1 is 0.758 bits per heavy atom. The summed E-state index contributed by atoms with van der Waals surface area (Å²) in [4.78, 5) is 0.171. The molecule has 3 aromatic carbocycles. The van der Waals surface area contributed by atoms with Crippen LogP contribution in [0.3, 0.4) is 0 Å². The van der Waals surface area contributed by atoms with Gasteiger partial charge in [-0.3, -0.25) is 4.18 Å². The molecule has 2 N–H and O–H groups in total. The smallest absolute Gasteiger partial charge is 0.297 e. The summed E-state index contributed by atoms with van der Waals surface area (Å²) in [6, 6.07) is 12.1. The molecule has 0 spiro atoms. The first kappa shape index (κ1) is 28.6. The molecule has 0 bridgehead atoms. The molecular formula is C25H24O5SY2-2. The first-order chi connectivity index (χ1) is 14.4. The molecule has 0 aliphatic carbocycles. The van der Waals surface area contributed by atoms with Crippen molar-refractivity contribution in [3.63, 3.8) is 0 Å². The van der Waals surface area contributed by atoms with Gasteiger partial charge in [0.1, 0.15) is 4.90 Å². The van der Waals surface area contributed by atoms with E-state index in [2.05, 4.69) is 12.1 Å². The third kappa shape index (κ3) is 4.30. The van der Waals surface area contributed by atoms with Gasteiger partial charge in [0.05, 0.1) is 5.60 Å². The fourth-order valence-electron chi connectivity index (χ4n) is 4.43. The summed E-state index contributed by atoms with van der Waals surface area (Å²) in [6.07, 6.45) is 0. The van der Waals surface area contributed by atoms with Crippen molar-refractivity contribution in [3.05, 3.63) is 86.5 Å². The van der Waals surface area contributed by atoms with Gasteiger partial charge in [-0.1, -0.05) is 13.8 Å². The van der Waals surface area contributed by atoms with Crippen LogP contribution in [0.4, 0.5) is 0 Å². The van der Waals surface area contributed by atoms with Crippen LogP contribution in [0.15, 0.2) is 29.2 Å². The first-order valence-electron chi connectivity index (χ1n) is 9.91. The van der Waals surface area contributed by atoms with Crippen molar-refractivity contribution < 1.29 is 88.2 Å². The molecule has 1 aliphatic heterocycles. The van der Waals surface area contributed by atoms with Gasteiger partial charge in [-0.25, -0.2) is 0 Å². The zero-order chi connectivity index (χ0) is 22.9. The SMILES string of the molecule is Cc1cc(C2(c3c[c-]c(O)c(C)c3)OS(=O)(=O)c3c(C)c(C)c(C)c(C)c32)c[c-]c1O.[Y].[Y]. The van der Waals surface area contributed by atoms with Gasteiger partial charge in [-0.2, -0.15) is 32.7 Å². The summed E-state index contributed by atoms with van der Waals surface area (Å²) in [5.41, 5.74) is 4.54. The maximum Gasteiger partial charge on any atom is 0.297 e. The van der Waals surface area contributed by atoms with Crippen LogP contribution >= 0.6 is 0 Å². The molecule has 33 heavy (non-hydrogen) atoms. The number of phenolic OH excluding ortho intramolecular Hbond substituents is 2.